The predicted molar refractivity (Wildman–Crippen MR) is 47.9 cm³/mol. The monoisotopic (exact) mass is 184 g/mol. The smallest absolute Gasteiger partial charge is 0.128 e. The van der Waals surface area contributed by atoms with Crippen LogP contribution in [0.25, 0.3) is 0 Å². The maximum atomic E-state index is 13.2. The minimum atomic E-state index is -0.156. The molecule has 2 unspecified atom stereocenters. The van der Waals surface area contributed by atoms with Gasteiger partial charge in [0.25, 0.3) is 0 Å². The minimum Gasteiger partial charge on any atom is -0.207 e. The molecule has 0 amide bonds. The van der Waals surface area contributed by atoms with Gasteiger partial charge in [-0.15, -0.1) is 0 Å². The second kappa shape index (κ2) is 2.74. The molecule has 64 valence electrons. The van der Waals surface area contributed by atoms with Crippen molar-refractivity contribution in [1.82, 2.24) is 0 Å². The Kier molecular flexibility index (Phi) is 1.84. The van der Waals surface area contributed by atoms with Crippen molar-refractivity contribution in [3.63, 3.8) is 0 Å². The van der Waals surface area contributed by atoms with Gasteiger partial charge in [-0.2, -0.15) is 0 Å². The van der Waals surface area contributed by atoms with Gasteiger partial charge < -0.3 is 0 Å². The largest absolute Gasteiger partial charge is 0.207 e. The quantitative estimate of drug-likeness (QED) is 0.626. The molecule has 0 aromatic heterocycles. The Bertz CT molecular complexity index is 288. The topological polar surface area (TPSA) is 0 Å². The van der Waals surface area contributed by atoms with E-state index in [1.54, 1.807) is 12.1 Å². The lowest BCUT2D eigenvalue weighted by Gasteiger charge is -2.02. The van der Waals surface area contributed by atoms with Gasteiger partial charge in [0.05, 0.1) is 0 Å². The van der Waals surface area contributed by atoms with Crippen LogP contribution in [0.1, 0.15) is 24.8 Å². The van der Waals surface area contributed by atoms with Crippen LogP contribution in [0.3, 0.4) is 0 Å². The van der Waals surface area contributed by atoms with Gasteiger partial charge in [0.2, 0.25) is 0 Å². The van der Waals surface area contributed by atoms with Crippen LogP contribution < -0.4 is 0 Å². The second-order valence-electron chi connectivity index (χ2n) is 3.45. The van der Waals surface area contributed by atoms with Gasteiger partial charge in [-0.1, -0.05) is 24.6 Å². The van der Waals surface area contributed by atoms with E-state index in [2.05, 4.69) is 6.92 Å². The summed E-state index contributed by atoms with van der Waals surface area (Å²) in [4.78, 5) is 0. The van der Waals surface area contributed by atoms with Crippen LogP contribution in [-0.2, 0) is 0 Å². The summed E-state index contributed by atoms with van der Waals surface area (Å²) in [5.41, 5.74) is 0.715. The van der Waals surface area contributed by atoms with Gasteiger partial charge >= 0.3 is 0 Å². The van der Waals surface area contributed by atoms with Crippen LogP contribution in [0.15, 0.2) is 18.2 Å². The summed E-state index contributed by atoms with van der Waals surface area (Å²) in [6.07, 6.45) is 1.07. The number of halogens is 2. The Morgan fingerprint density at radius 2 is 2.17 bits per heavy atom. The average Bonchev–Trinajstić information content (AvgIpc) is 2.67. The fourth-order valence-corrected chi connectivity index (χ4v) is 1.89. The van der Waals surface area contributed by atoms with Gasteiger partial charge in [-0.05, 0) is 30.4 Å². The third-order valence-corrected chi connectivity index (χ3v) is 2.81. The van der Waals surface area contributed by atoms with Crippen LogP contribution >= 0.6 is 11.6 Å². The van der Waals surface area contributed by atoms with Crippen LogP contribution in [0, 0.1) is 11.7 Å². The van der Waals surface area contributed by atoms with E-state index in [-0.39, 0.29) is 5.82 Å². The van der Waals surface area contributed by atoms with E-state index in [0.717, 1.165) is 6.42 Å². The summed E-state index contributed by atoms with van der Waals surface area (Å²) >= 11 is 5.89. The maximum absolute atomic E-state index is 13.2. The Morgan fingerprint density at radius 1 is 1.50 bits per heavy atom. The number of hydrogen-bond donors (Lipinski definition) is 0. The van der Waals surface area contributed by atoms with Crippen molar-refractivity contribution < 1.29 is 4.39 Å². The molecule has 0 bridgehead atoms. The SMILES string of the molecule is CC1CC1c1c(F)cccc1Cl. The standard InChI is InChI=1S/C10H10ClF/c1-6-5-7(6)10-8(11)3-2-4-9(10)12/h2-4,6-7H,5H2,1H3. The first-order valence-corrected chi connectivity index (χ1v) is 4.52. The Morgan fingerprint density at radius 3 is 2.67 bits per heavy atom. The van der Waals surface area contributed by atoms with Crippen molar-refractivity contribution in [3.05, 3.63) is 34.6 Å². The van der Waals surface area contributed by atoms with Crippen LogP contribution in [0.2, 0.25) is 5.02 Å². The van der Waals surface area contributed by atoms with Crippen LogP contribution in [-0.4, -0.2) is 0 Å². The molecule has 0 nitrogen and oxygen atoms in total. The highest BCUT2D eigenvalue weighted by atomic mass is 35.5. The lowest BCUT2D eigenvalue weighted by molar-refractivity contribution is 0.608. The molecule has 2 atom stereocenters. The molecule has 0 spiro atoms. The highest BCUT2D eigenvalue weighted by molar-refractivity contribution is 6.31. The van der Waals surface area contributed by atoms with E-state index < -0.39 is 0 Å². The van der Waals surface area contributed by atoms with Gasteiger partial charge in [-0.25, -0.2) is 4.39 Å². The molecular formula is C10H10ClF. The highest BCUT2D eigenvalue weighted by Gasteiger charge is 2.37. The predicted octanol–water partition coefficient (Wildman–Crippen LogP) is 3.60. The van der Waals surface area contributed by atoms with Crippen molar-refractivity contribution in [1.29, 1.82) is 0 Å². The van der Waals surface area contributed by atoms with Crippen molar-refractivity contribution >= 4 is 11.6 Å². The van der Waals surface area contributed by atoms with Crippen molar-refractivity contribution in [2.75, 3.05) is 0 Å². The Hall–Kier alpha value is -0.560. The molecule has 2 rings (SSSR count). The molecule has 2 heteroatoms. The van der Waals surface area contributed by atoms with Gasteiger partial charge in [0, 0.05) is 10.6 Å². The molecule has 0 aliphatic heterocycles. The molecule has 0 radical (unpaired) electrons. The summed E-state index contributed by atoms with van der Waals surface area (Å²) < 4.78 is 13.2. The van der Waals surface area contributed by atoms with E-state index in [4.69, 9.17) is 11.6 Å². The first-order chi connectivity index (χ1) is 5.70. The highest BCUT2D eigenvalue weighted by Crippen LogP contribution is 2.49. The summed E-state index contributed by atoms with van der Waals surface area (Å²) in [5, 5.41) is 0.573. The Balaban J connectivity index is 2.41. The van der Waals surface area contributed by atoms with Gasteiger partial charge in [0.1, 0.15) is 5.82 Å². The molecule has 0 heterocycles. The minimum absolute atomic E-state index is 0.156. The van der Waals surface area contributed by atoms with Crippen molar-refractivity contribution in [3.8, 4) is 0 Å². The molecule has 0 N–H and O–H groups in total. The Labute approximate surface area is 76.4 Å². The third kappa shape index (κ3) is 1.22. The fourth-order valence-electron chi connectivity index (χ4n) is 1.59. The van der Waals surface area contributed by atoms with Crippen molar-refractivity contribution in [2.24, 2.45) is 5.92 Å². The van der Waals surface area contributed by atoms with E-state index in [1.807, 2.05) is 0 Å². The molecular weight excluding hydrogens is 175 g/mol. The first kappa shape index (κ1) is 8.06. The zero-order valence-corrected chi connectivity index (χ0v) is 7.61. The average molecular weight is 185 g/mol. The lowest BCUT2D eigenvalue weighted by Crippen LogP contribution is -1.89. The summed E-state index contributed by atoms with van der Waals surface area (Å²) in [6.45, 7) is 2.12. The molecule has 12 heavy (non-hydrogen) atoms. The van der Waals surface area contributed by atoms with E-state index in [1.165, 1.54) is 6.07 Å². The van der Waals surface area contributed by atoms with Gasteiger partial charge in [0.15, 0.2) is 0 Å². The normalized spacial score (nSPS) is 27.2. The molecule has 1 saturated carbocycles. The number of benzene rings is 1. The first-order valence-electron chi connectivity index (χ1n) is 4.14. The van der Waals surface area contributed by atoms with E-state index >= 15 is 0 Å². The van der Waals surface area contributed by atoms with Crippen LogP contribution in [0.4, 0.5) is 4.39 Å². The zero-order chi connectivity index (χ0) is 8.72. The van der Waals surface area contributed by atoms with E-state index in [9.17, 15) is 4.39 Å². The van der Waals surface area contributed by atoms with E-state index in [0.29, 0.717) is 22.4 Å². The summed E-state index contributed by atoms with van der Waals surface area (Å²) in [5.74, 6) is 0.801. The summed E-state index contributed by atoms with van der Waals surface area (Å²) in [6, 6.07) is 4.88. The number of rotatable bonds is 1. The maximum Gasteiger partial charge on any atom is 0.128 e. The lowest BCUT2D eigenvalue weighted by atomic mass is 10.1. The van der Waals surface area contributed by atoms with Gasteiger partial charge in [-0.3, -0.25) is 0 Å². The molecule has 1 aliphatic rings. The summed E-state index contributed by atoms with van der Waals surface area (Å²) in [7, 11) is 0. The molecule has 1 aliphatic carbocycles. The third-order valence-electron chi connectivity index (χ3n) is 2.48. The number of hydrogen-bond acceptors (Lipinski definition) is 0. The van der Waals surface area contributed by atoms with Crippen LogP contribution in [0.5, 0.6) is 0 Å². The molecule has 1 aromatic carbocycles. The molecule has 1 fully saturated rings. The zero-order valence-electron chi connectivity index (χ0n) is 6.85. The van der Waals surface area contributed by atoms with Crippen molar-refractivity contribution in [2.45, 2.75) is 19.3 Å². The second-order valence-corrected chi connectivity index (χ2v) is 3.86. The fraction of sp³-hybridized carbons (Fsp3) is 0.400. The molecule has 0 saturated heterocycles. The molecule has 1 aromatic rings.